The van der Waals surface area contributed by atoms with E-state index in [0.29, 0.717) is 6.42 Å². The number of carbonyl (C=O) groups excluding carboxylic acids is 1. The standard InChI is InChI=1S/C11H19NO3/c12-10(13)7-6-9(11(14)15)8-4-2-1-3-5-8/h8-9H,1-7H2,(H2,12,13)(H,14,15). The number of hydrogen-bond acceptors (Lipinski definition) is 2. The second-order valence-corrected chi connectivity index (χ2v) is 4.35. The van der Waals surface area contributed by atoms with Gasteiger partial charge in [-0.1, -0.05) is 19.3 Å². The first-order valence-corrected chi connectivity index (χ1v) is 5.62. The molecule has 1 unspecified atom stereocenters. The third kappa shape index (κ3) is 3.90. The van der Waals surface area contributed by atoms with E-state index in [2.05, 4.69) is 0 Å². The molecule has 15 heavy (non-hydrogen) atoms. The van der Waals surface area contributed by atoms with E-state index < -0.39 is 11.9 Å². The fourth-order valence-corrected chi connectivity index (χ4v) is 2.40. The van der Waals surface area contributed by atoms with E-state index in [4.69, 9.17) is 10.8 Å². The van der Waals surface area contributed by atoms with Crippen molar-refractivity contribution in [1.82, 2.24) is 0 Å². The number of primary amides is 1. The molecular formula is C11H19NO3. The number of carboxylic acid groups (broad SMARTS) is 1. The molecule has 1 rings (SSSR count). The van der Waals surface area contributed by atoms with Gasteiger partial charge in [-0.05, 0) is 25.2 Å². The second kappa shape index (κ2) is 5.73. The molecule has 1 amide bonds. The lowest BCUT2D eigenvalue weighted by atomic mass is 9.78. The smallest absolute Gasteiger partial charge is 0.306 e. The Morgan fingerprint density at radius 2 is 1.87 bits per heavy atom. The molecule has 86 valence electrons. The van der Waals surface area contributed by atoms with Crippen molar-refractivity contribution in [2.45, 2.75) is 44.9 Å². The summed E-state index contributed by atoms with van der Waals surface area (Å²) in [6.45, 7) is 0. The van der Waals surface area contributed by atoms with Crippen molar-refractivity contribution in [2.75, 3.05) is 0 Å². The molecular weight excluding hydrogens is 194 g/mol. The van der Waals surface area contributed by atoms with Crippen LogP contribution in [0.25, 0.3) is 0 Å². The SMILES string of the molecule is NC(=O)CCC(C(=O)O)C1CCCCC1. The van der Waals surface area contributed by atoms with Crippen LogP contribution in [0.4, 0.5) is 0 Å². The van der Waals surface area contributed by atoms with E-state index in [0.717, 1.165) is 25.7 Å². The van der Waals surface area contributed by atoms with E-state index >= 15 is 0 Å². The Balaban J connectivity index is 2.48. The van der Waals surface area contributed by atoms with Gasteiger partial charge in [0.15, 0.2) is 0 Å². The van der Waals surface area contributed by atoms with Gasteiger partial charge in [-0.3, -0.25) is 9.59 Å². The quantitative estimate of drug-likeness (QED) is 0.726. The molecule has 0 aromatic rings. The zero-order chi connectivity index (χ0) is 11.3. The predicted octanol–water partition coefficient (Wildman–Crippen LogP) is 1.53. The van der Waals surface area contributed by atoms with Crippen molar-refractivity contribution in [3.8, 4) is 0 Å². The Morgan fingerprint density at radius 1 is 1.27 bits per heavy atom. The van der Waals surface area contributed by atoms with E-state index in [1.165, 1.54) is 6.42 Å². The number of carbonyl (C=O) groups is 2. The highest BCUT2D eigenvalue weighted by Gasteiger charge is 2.29. The van der Waals surface area contributed by atoms with Crippen LogP contribution in [0.5, 0.6) is 0 Å². The van der Waals surface area contributed by atoms with Crippen molar-refractivity contribution >= 4 is 11.9 Å². The Hall–Kier alpha value is -1.06. The fraction of sp³-hybridized carbons (Fsp3) is 0.818. The number of hydrogen-bond donors (Lipinski definition) is 2. The van der Waals surface area contributed by atoms with Crippen LogP contribution in [0.2, 0.25) is 0 Å². The molecule has 0 saturated heterocycles. The van der Waals surface area contributed by atoms with Crippen molar-refractivity contribution in [1.29, 1.82) is 0 Å². The van der Waals surface area contributed by atoms with Crippen LogP contribution >= 0.6 is 0 Å². The van der Waals surface area contributed by atoms with E-state index in [-0.39, 0.29) is 18.3 Å². The molecule has 0 aliphatic heterocycles. The number of aliphatic carboxylic acids is 1. The minimum absolute atomic E-state index is 0.188. The average Bonchev–Trinajstić information content (AvgIpc) is 2.18. The minimum atomic E-state index is -0.775. The Labute approximate surface area is 89.8 Å². The lowest BCUT2D eigenvalue weighted by molar-refractivity contribution is -0.144. The summed E-state index contributed by atoms with van der Waals surface area (Å²) in [6, 6.07) is 0. The van der Waals surface area contributed by atoms with Gasteiger partial charge in [0.05, 0.1) is 5.92 Å². The maximum Gasteiger partial charge on any atom is 0.306 e. The van der Waals surface area contributed by atoms with Gasteiger partial charge in [-0.25, -0.2) is 0 Å². The van der Waals surface area contributed by atoms with Gasteiger partial charge in [0.2, 0.25) is 5.91 Å². The van der Waals surface area contributed by atoms with Gasteiger partial charge in [0.25, 0.3) is 0 Å². The molecule has 1 fully saturated rings. The van der Waals surface area contributed by atoms with E-state index in [1.54, 1.807) is 0 Å². The third-order valence-corrected chi connectivity index (χ3v) is 3.24. The van der Waals surface area contributed by atoms with Gasteiger partial charge < -0.3 is 10.8 Å². The van der Waals surface area contributed by atoms with Crippen LogP contribution in [-0.2, 0) is 9.59 Å². The topological polar surface area (TPSA) is 80.4 Å². The molecule has 0 bridgehead atoms. The summed E-state index contributed by atoms with van der Waals surface area (Å²) in [5.41, 5.74) is 5.04. The molecule has 1 aliphatic carbocycles. The van der Waals surface area contributed by atoms with Crippen LogP contribution < -0.4 is 5.73 Å². The molecule has 3 N–H and O–H groups in total. The number of rotatable bonds is 5. The molecule has 0 aromatic heterocycles. The molecule has 1 atom stereocenters. The first-order valence-electron chi connectivity index (χ1n) is 5.62. The molecule has 0 spiro atoms. The Bertz CT molecular complexity index is 234. The van der Waals surface area contributed by atoms with Crippen molar-refractivity contribution < 1.29 is 14.7 Å². The molecule has 1 aliphatic rings. The van der Waals surface area contributed by atoms with Crippen LogP contribution in [0.1, 0.15) is 44.9 Å². The highest BCUT2D eigenvalue weighted by molar-refractivity contribution is 5.75. The maximum absolute atomic E-state index is 11.1. The average molecular weight is 213 g/mol. The highest BCUT2D eigenvalue weighted by atomic mass is 16.4. The summed E-state index contributed by atoms with van der Waals surface area (Å²) in [5.74, 6) is -1.31. The third-order valence-electron chi connectivity index (χ3n) is 3.24. The summed E-state index contributed by atoms with van der Waals surface area (Å²) in [5, 5.41) is 9.09. The maximum atomic E-state index is 11.1. The van der Waals surface area contributed by atoms with Gasteiger partial charge in [0.1, 0.15) is 0 Å². The summed E-state index contributed by atoms with van der Waals surface area (Å²) in [4.78, 5) is 21.7. The van der Waals surface area contributed by atoms with Crippen molar-refractivity contribution in [3.63, 3.8) is 0 Å². The van der Waals surface area contributed by atoms with Gasteiger partial charge >= 0.3 is 5.97 Å². The molecule has 0 radical (unpaired) electrons. The second-order valence-electron chi connectivity index (χ2n) is 4.35. The molecule has 1 saturated carbocycles. The largest absolute Gasteiger partial charge is 0.481 e. The molecule has 4 nitrogen and oxygen atoms in total. The van der Waals surface area contributed by atoms with Gasteiger partial charge in [-0.15, -0.1) is 0 Å². The minimum Gasteiger partial charge on any atom is -0.481 e. The number of nitrogens with two attached hydrogens (primary N) is 1. The normalized spacial score (nSPS) is 19.7. The summed E-state index contributed by atoms with van der Waals surface area (Å²) < 4.78 is 0. The van der Waals surface area contributed by atoms with Crippen molar-refractivity contribution in [3.05, 3.63) is 0 Å². The number of carboxylic acids is 1. The van der Waals surface area contributed by atoms with Gasteiger partial charge in [-0.2, -0.15) is 0 Å². The molecule has 0 aromatic carbocycles. The highest BCUT2D eigenvalue weighted by Crippen LogP contribution is 2.32. The van der Waals surface area contributed by atoms with Crippen LogP contribution in [0, 0.1) is 11.8 Å². The first kappa shape index (κ1) is 12.0. The summed E-state index contributed by atoms with van der Waals surface area (Å²) in [7, 11) is 0. The monoisotopic (exact) mass is 213 g/mol. The van der Waals surface area contributed by atoms with E-state index in [1.807, 2.05) is 0 Å². The fourth-order valence-electron chi connectivity index (χ4n) is 2.40. The summed E-state index contributed by atoms with van der Waals surface area (Å²) >= 11 is 0. The first-order chi connectivity index (χ1) is 7.11. The zero-order valence-electron chi connectivity index (χ0n) is 8.95. The predicted molar refractivity (Wildman–Crippen MR) is 56.1 cm³/mol. The zero-order valence-corrected chi connectivity index (χ0v) is 8.95. The number of amides is 1. The molecule has 0 heterocycles. The van der Waals surface area contributed by atoms with Crippen molar-refractivity contribution in [2.24, 2.45) is 17.6 Å². The Kier molecular flexibility index (Phi) is 4.59. The van der Waals surface area contributed by atoms with Gasteiger partial charge in [0, 0.05) is 6.42 Å². The van der Waals surface area contributed by atoms with Crippen LogP contribution in [0.15, 0.2) is 0 Å². The summed E-state index contributed by atoms with van der Waals surface area (Å²) in [6.07, 6.45) is 5.99. The van der Waals surface area contributed by atoms with Crippen LogP contribution in [0.3, 0.4) is 0 Å². The van der Waals surface area contributed by atoms with E-state index in [9.17, 15) is 9.59 Å². The van der Waals surface area contributed by atoms with Crippen LogP contribution in [-0.4, -0.2) is 17.0 Å². The molecule has 4 heteroatoms. The lowest BCUT2D eigenvalue weighted by Crippen LogP contribution is -2.27. The lowest BCUT2D eigenvalue weighted by Gasteiger charge is -2.27. The Morgan fingerprint density at radius 3 is 2.33 bits per heavy atom.